The van der Waals surface area contributed by atoms with E-state index in [2.05, 4.69) is 66.4 Å². The number of benzene rings is 3. The van der Waals surface area contributed by atoms with E-state index in [-0.39, 0.29) is 5.82 Å². The molecule has 2 fully saturated rings. The van der Waals surface area contributed by atoms with Crippen molar-refractivity contribution in [1.29, 1.82) is 0 Å². The van der Waals surface area contributed by atoms with E-state index in [0.717, 1.165) is 33.6 Å². The first-order valence-electron chi connectivity index (χ1n) is 12.7. The lowest BCUT2D eigenvalue weighted by atomic mass is 9.82. The molecule has 3 aromatic carbocycles. The highest BCUT2D eigenvalue weighted by Crippen LogP contribution is 2.54. The topological polar surface area (TPSA) is 8.29 Å². The van der Waals surface area contributed by atoms with Gasteiger partial charge in [-0.2, -0.15) is 0 Å². The van der Waals surface area contributed by atoms with Crippen LogP contribution in [0, 0.1) is 31.5 Å². The number of fused-ring (bicyclic) bond motifs is 7. The second-order valence-electron chi connectivity index (χ2n) is 11.1. The second kappa shape index (κ2) is 6.27. The fourth-order valence-corrected chi connectivity index (χ4v) is 7.80. The van der Waals surface area contributed by atoms with Gasteiger partial charge in [0.25, 0.3) is 0 Å². The van der Waals surface area contributed by atoms with Crippen LogP contribution in [0.15, 0.2) is 48.7 Å². The van der Waals surface area contributed by atoms with Crippen LogP contribution in [-0.4, -0.2) is 4.40 Å². The van der Waals surface area contributed by atoms with E-state index in [1.54, 1.807) is 6.07 Å². The lowest BCUT2D eigenvalue weighted by Gasteiger charge is -2.23. The average Bonchev–Trinajstić information content (AvgIpc) is 3.54. The molecule has 0 amide bonds. The van der Waals surface area contributed by atoms with E-state index in [4.69, 9.17) is 0 Å². The molecule has 3 unspecified atom stereocenters. The number of nitrogens with zero attached hydrogens (tertiary/aromatic N) is 2. The van der Waals surface area contributed by atoms with Gasteiger partial charge in [-0.1, -0.05) is 18.6 Å². The molecule has 2 aliphatic carbocycles. The van der Waals surface area contributed by atoms with E-state index < -0.39 is 0 Å². The van der Waals surface area contributed by atoms with E-state index in [9.17, 15) is 0 Å². The molecule has 8 rings (SSSR count). The van der Waals surface area contributed by atoms with Crippen LogP contribution in [0.3, 0.4) is 0 Å². The molecular weight excluding hydrogens is 419 g/mol. The Morgan fingerprint density at radius 3 is 2.62 bits per heavy atom. The molecule has 6 aromatic rings. The number of pyridine rings is 2. The van der Waals surface area contributed by atoms with Gasteiger partial charge in [-0.3, -0.25) is 0 Å². The molecule has 0 radical (unpaired) electrons. The first-order valence-corrected chi connectivity index (χ1v) is 12.7. The molecule has 34 heavy (non-hydrogen) atoms. The summed E-state index contributed by atoms with van der Waals surface area (Å²) in [5.41, 5.74) is 8.59. The van der Waals surface area contributed by atoms with Crippen LogP contribution in [0.5, 0.6) is 0 Å². The predicted octanol–water partition coefficient (Wildman–Crippen LogP) is 7.47. The first kappa shape index (κ1) is 19.1. The third-order valence-electron chi connectivity index (χ3n) is 9.43. The van der Waals surface area contributed by atoms with Crippen molar-refractivity contribution >= 4 is 49.0 Å². The van der Waals surface area contributed by atoms with Crippen LogP contribution in [0.4, 0.5) is 4.39 Å². The molecule has 2 saturated carbocycles. The monoisotopic (exact) mass is 447 g/mol. The standard InChI is InChI=1S/C31H28FN2/c1-16-11-23-29-24(32)5-4-6-25(29)34-26-15-21(22-13-18-7-8-19(22)12-18)14-20-9-10-33(3)31(28(20)26)27(17(16)2)30(23)34/h4-6,9-11,14-15,18-19,22H,7-8,12-13H2,1-3H3/q+1. The maximum absolute atomic E-state index is 15.4. The van der Waals surface area contributed by atoms with E-state index in [1.807, 2.05) is 6.07 Å². The van der Waals surface area contributed by atoms with Gasteiger partial charge in [-0.25, -0.2) is 8.96 Å². The first-order chi connectivity index (χ1) is 16.5. The zero-order valence-electron chi connectivity index (χ0n) is 20.0. The van der Waals surface area contributed by atoms with Gasteiger partial charge in [-0.15, -0.1) is 0 Å². The molecule has 168 valence electrons. The minimum atomic E-state index is -0.133. The van der Waals surface area contributed by atoms with Crippen molar-refractivity contribution in [3.63, 3.8) is 0 Å². The third-order valence-corrected chi connectivity index (χ3v) is 9.43. The molecular formula is C31H28FN2+. The van der Waals surface area contributed by atoms with Gasteiger partial charge in [0.05, 0.1) is 27.3 Å². The number of hydrogen-bond acceptors (Lipinski definition) is 0. The van der Waals surface area contributed by atoms with E-state index in [0.29, 0.717) is 5.92 Å². The van der Waals surface area contributed by atoms with Crippen LogP contribution >= 0.6 is 0 Å². The Labute approximate surface area is 197 Å². The normalized spacial score (nSPS) is 22.5. The molecule has 0 saturated heterocycles. The van der Waals surface area contributed by atoms with Crippen molar-refractivity contribution in [2.45, 2.75) is 45.4 Å². The average molecular weight is 448 g/mol. The lowest BCUT2D eigenvalue weighted by Crippen LogP contribution is -2.29. The highest BCUT2D eigenvalue weighted by molar-refractivity contribution is 6.26. The largest absolute Gasteiger partial charge is 0.307 e. The van der Waals surface area contributed by atoms with Crippen molar-refractivity contribution < 1.29 is 8.96 Å². The predicted molar refractivity (Wildman–Crippen MR) is 137 cm³/mol. The smallest absolute Gasteiger partial charge is 0.224 e. The van der Waals surface area contributed by atoms with Crippen molar-refractivity contribution in [2.75, 3.05) is 0 Å². The van der Waals surface area contributed by atoms with Gasteiger partial charge in [-0.05, 0) is 97.2 Å². The lowest BCUT2D eigenvalue weighted by molar-refractivity contribution is -0.643. The van der Waals surface area contributed by atoms with Gasteiger partial charge < -0.3 is 4.40 Å². The molecule has 3 atom stereocenters. The van der Waals surface area contributed by atoms with Gasteiger partial charge >= 0.3 is 0 Å². The highest BCUT2D eigenvalue weighted by atomic mass is 19.1. The Bertz CT molecular complexity index is 1830. The molecule has 3 heterocycles. The summed E-state index contributed by atoms with van der Waals surface area (Å²) in [4.78, 5) is 0. The van der Waals surface area contributed by atoms with E-state index in [1.165, 1.54) is 69.6 Å². The van der Waals surface area contributed by atoms with Gasteiger partial charge in [0.1, 0.15) is 12.9 Å². The van der Waals surface area contributed by atoms with E-state index >= 15 is 4.39 Å². The molecule has 3 heteroatoms. The zero-order valence-corrected chi connectivity index (χ0v) is 20.0. The molecule has 3 aromatic heterocycles. The highest BCUT2D eigenvalue weighted by Gasteiger charge is 2.40. The van der Waals surface area contributed by atoms with Crippen LogP contribution < -0.4 is 4.57 Å². The number of aryl methyl sites for hydroxylation is 3. The SMILES string of the molecule is Cc1cc2c3c(F)cccc3n3c4cc(C5CC6CCC5C6)cc5cc[n+](C)c(c(c1C)c23)c54. The van der Waals surface area contributed by atoms with Crippen molar-refractivity contribution in [1.82, 2.24) is 4.40 Å². The summed E-state index contributed by atoms with van der Waals surface area (Å²) in [5.74, 6) is 2.26. The Morgan fingerprint density at radius 2 is 1.82 bits per heavy atom. The summed E-state index contributed by atoms with van der Waals surface area (Å²) in [7, 11) is 2.15. The maximum Gasteiger partial charge on any atom is 0.224 e. The van der Waals surface area contributed by atoms with Crippen LogP contribution in [0.2, 0.25) is 0 Å². The van der Waals surface area contributed by atoms with Crippen LogP contribution in [-0.2, 0) is 7.05 Å². The Kier molecular flexibility index (Phi) is 3.53. The summed E-state index contributed by atoms with van der Waals surface area (Å²) < 4.78 is 20.0. The third kappa shape index (κ3) is 2.19. The minimum absolute atomic E-state index is 0.133. The number of rotatable bonds is 1. The quantitative estimate of drug-likeness (QED) is 0.140. The molecule has 0 N–H and O–H groups in total. The second-order valence-corrected chi connectivity index (χ2v) is 11.1. The number of halogens is 1. The summed E-state index contributed by atoms with van der Waals surface area (Å²) in [6, 6.07) is 15.0. The summed E-state index contributed by atoms with van der Waals surface area (Å²) in [6.07, 6.45) is 7.72. The number of hydrogen-bond donors (Lipinski definition) is 0. The van der Waals surface area contributed by atoms with Gasteiger partial charge in [0.15, 0.2) is 6.20 Å². The van der Waals surface area contributed by atoms with Crippen LogP contribution in [0.25, 0.3) is 49.0 Å². The molecule has 2 aliphatic rings. The summed E-state index contributed by atoms with van der Waals surface area (Å²) in [5, 5.41) is 5.62. The summed E-state index contributed by atoms with van der Waals surface area (Å²) in [6.45, 7) is 4.37. The maximum atomic E-state index is 15.4. The fraction of sp³-hybridized carbons (Fsp3) is 0.323. The Balaban J connectivity index is 1.66. The molecule has 0 aliphatic heterocycles. The van der Waals surface area contributed by atoms with Crippen molar-refractivity contribution in [2.24, 2.45) is 18.9 Å². The molecule has 0 spiro atoms. The number of aromatic nitrogens is 2. The molecule has 2 nitrogen and oxygen atoms in total. The van der Waals surface area contributed by atoms with Crippen LogP contribution in [0.1, 0.15) is 48.3 Å². The summed E-state index contributed by atoms with van der Waals surface area (Å²) >= 11 is 0. The van der Waals surface area contributed by atoms with Gasteiger partial charge in [0, 0.05) is 16.8 Å². The van der Waals surface area contributed by atoms with Crippen molar-refractivity contribution in [3.8, 4) is 0 Å². The Morgan fingerprint density at radius 1 is 0.941 bits per heavy atom. The zero-order chi connectivity index (χ0) is 22.9. The van der Waals surface area contributed by atoms with Gasteiger partial charge in [0.2, 0.25) is 5.52 Å². The fourth-order valence-electron chi connectivity index (χ4n) is 7.80. The Hall–Kier alpha value is -3.20. The van der Waals surface area contributed by atoms with Crippen molar-refractivity contribution in [3.05, 3.63) is 71.2 Å². The minimum Gasteiger partial charge on any atom is -0.307 e. The molecule has 2 bridgehead atoms.